The number of benzene rings is 3. The van der Waals surface area contributed by atoms with Crippen LogP contribution in [-0.2, 0) is 9.59 Å². The number of carbonyl (C=O) groups is 3. The first-order valence-electron chi connectivity index (χ1n) is 13.4. The summed E-state index contributed by atoms with van der Waals surface area (Å²) in [4.78, 5) is 45.3. The molecule has 1 unspecified atom stereocenters. The summed E-state index contributed by atoms with van der Waals surface area (Å²) in [6.45, 7) is 3.85. The number of rotatable bonds is 10. The number of aryl methyl sites for hydroxylation is 1. The van der Waals surface area contributed by atoms with Gasteiger partial charge in [-0.1, -0.05) is 60.2 Å². The van der Waals surface area contributed by atoms with E-state index in [-0.39, 0.29) is 17.5 Å². The number of nitrogens with zero attached hydrogens (tertiary/aromatic N) is 1. The monoisotopic (exact) mass is 624 g/mol. The van der Waals surface area contributed by atoms with Crippen LogP contribution in [0.4, 0.5) is 10.8 Å². The van der Waals surface area contributed by atoms with Crippen molar-refractivity contribution in [1.82, 2.24) is 10.3 Å². The molecule has 10 heteroatoms. The van der Waals surface area contributed by atoms with Gasteiger partial charge in [-0.15, -0.1) is 34.4 Å². The Bertz CT molecular complexity index is 1750. The number of anilines is 2. The lowest BCUT2D eigenvalue weighted by molar-refractivity contribution is -0.115. The fourth-order valence-corrected chi connectivity index (χ4v) is 6.26. The predicted octanol–water partition coefficient (Wildman–Crippen LogP) is 7.71. The third kappa shape index (κ3) is 8.29. The van der Waals surface area contributed by atoms with Crippen LogP contribution in [0.1, 0.15) is 27.7 Å². The second-order valence-corrected chi connectivity index (χ2v) is 12.8. The zero-order valence-corrected chi connectivity index (χ0v) is 25.8. The zero-order valence-electron chi connectivity index (χ0n) is 23.4. The minimum atomic E-state index is -0.459. The molecule has 0 fully saturated rings. The molecule has 0 aliphatic heterocycles. The summed E-state index contributed by atoms with van der Waals surface area (Å²) in [5.41, 5.74) is 4.09. The highest BCUT2D eigenvalue weighted by molar-refractivity contribution is 8.00. The van der Waals surface area contributed by atoms with Gasteiger partial charge in [-0.05, 0) is 61.7 Å². The van der Waals surface area contributed by atoms with E-state index in [1.807, 2.05) is 79.2 Å². The van der Waals surface area contributed by atoms with Crippen molar-refractivity contribution in [2.24, 2.45) is 0 Å². The van der Waals surface area contributed by atoms with Crippen LogP contribution in [0.5, 0.6) is 0 Å². The number of thioether (sulfide) groups is 1. The number of carbonyl (C=O) groups excluding carboxylic acids is 3. The van der Waals surface area contributed by atoms with Gasteiger partial charge in [-0.2, -0.15) is 0 Å². The van der Waals surface area contributed by atoms with E-state index >= 15 is 0 Å². The molecule has 5 aromatic rings. The van der Waals surface area contributed by atoms with Gasteiger partial charge in [-0.3, -0.25) is 14.4 Å². The fourth-order valence-electron chi connectivity index (χ4n) is 3.96. The molecular weight excluding hydrogens is 597 g/mol. The Morgan fingerprint density at radius 3 is 2.42 bits per heavy atom. The minimum absolute atomic E-state index is 0.121. The molecule has 43 heavy (non-hydrogen) atoms. The molecule has 7 nitrogen and oxygen atoms in total. The van der Waals surface area contributed by atoms with E-state index in [4.69, 9.17) is 0 Å². The van der Waals surface area contributed by atoms with Crippen molar-refractivity contribution in [2.75, 3.05) is 10.6 Å². The van der Waals surface area contributed by atoms with Gasteiger partial charge in [0.25, 0.3) is 11.8 Å². The molecule has 3 aromatic carbocycles. The van der Waals surface area contributed by atoms with E-state index in [9.17, 15) is 14.4 Å². The van der Waals surface area contributed by atoms with Crippen LogP contribution >= 0.6 is 34.4 Å². The summed E-state index contributed by atoms with van der Waals surface area (Å²) in [6, 6.07) is 27.8. The number of hydrogen-bond donors (Lipinski definition) is 3. The molecule has 5 rings (SSSR count). The van der Waals surface area contributed by atoms with Gasteiger partial charge in [0, 0.05) is 32.0 Å². The molecule has 0 aliphatic rings. The van der Waals surface area contributed by atoms with E-state index in [0.717, 1.165) is 21.0 Å². The molecule has 2 heterocycles. The van der Waals surface area contributed by atoms with Crippen LogP contribution in [-0.4, -0.2) is 28.0 Å². The molecule has 3 amide bonds. The summed E-state index contributed by atoms with van der Waals surface area (Å²) in [6.07, 6.45) is 1.65. The van der Waals surface area contributed by atoms with E-state index < -0.39 is 11.2 Å². The smallest absolute Gasteiger partial charge is 0.272 e. The molecule has 216 valence electrons. The Labute approximate surface area is 262 Å². The zero-order chi connectivity index (χ0) is 30.2. The lowest BCUT2D eigenvalue weighted by Gasteiger charge is -2.13. The Morgan fingerprint density at radius 1 is 0.884 bits per heavy atom. The first kappa shape index (κ1) is 30.0. The third-order valence-corrected chi connectivity index (χ3v) is 8.88. The first-order valence-corrected chi connectivity index (χ1v) is 16.0. The molecule has 3 N–H and O–H groups in total. The molecule has 1 atom stereocenters. The second-order valence-electron chi connectivity index (χ2n) is 9.53. The molecular formula is C33H28N4O3S3. The third-order valence-electron chi connectivity index (χ3n) is 6.21. The van der Waals surface area contributed by atoms with Crippen LogP contribution in [0, 0.1) is 6.92 Å². The van der Waals surface area contributed by atoms with Gasteiger partial charge < -0.3 is 16.0 Å². The number of aromatic nitrogens is 1. The lowest BCUT2D eigenvalue weighted by atomic mass is 10.1. The van der Waals surface area contributed by atoms with Crippen molar-refractivity contribution >= 4 is 69.1 Å². The Morgan fingerprint density at radius 2 is 1.67 bits per heavy atom. The largest absolute Gasteiger partial charge is 0.321 e. The minimum Gasteiger partial charge on any atom is -0.321 e. The normalized spacial score (nSPS) is 11.9. The summed E-state index contributed by atoms with van der Waals surface area (Å²) >= 11 is 4.21. The molecule has 0 saturated carbocycles. The van der Waals surface area contributed by atoms with Gasteiger partial charge >= 0.3 is 0 Å². The van der Waals surface area contributed by atoms with Crippen molar-refractivity contribution in [1.29, 1.82) is 0 Å². The molecule has 0 radical (unpaired) electrons. The van der Waals surface area contributed by atoms with Crippen LogP contribution in [0.2, 0.25) is 0 Å². The maximum atomic E-state index is 13.3. The summed E-state index contributed by atoms with van der Waals surface area (Å²) in [5.74, 6) is -1.01. The number of thiazole rings is 1. The highest BCUT2D eigenvalue weighted by Gasteiger charge is 2.18. The standard InChI is InChI=1S/C33H28N4O3S3/c1-21-13-15-23(16-14-21)29-20-42-33(36-29)37-30(38)22(2)43-27-11-6-10-25(18-27)34-32(40)28(19-26-12-7-17-41-26)35-31(39)24-8-4-3-5-9-24/h3-20,22H,1-2H3,(H,34,40)(H,35,39)(H,36,37,38)/b28-19-. The Balaban J connectivity index is 1.22. The number of nitrogens with one attached hydrogen (secondary N) is 3. The van der Waals surface area contributed by atoms with Crippen molar-refractivity contribution in [3.8, 4) is 11.3 Å². The van der Waals surface area contributed by atoms with Gasteiger partial charge in [0.15, 0.2) is 5.13 Å². The Hall–Kier alpha value is -4.51. The Kier molecular flexibility index (Phi) is 9.83. The van der Waals surface area contributed by atoms with Crippen LogP contribution in [0.25, 0.3) is 17.3 Å². The summed E-state index contributed by atoms with van der Waals surface area (Å²) in [5, 5.41) is 12.5. The topological polar surface area (TPSA) is 100 Å². The van der Waals surface area contributed by atoms with Crippen molar-refractivity contribution in [2.45, 2.75) is 24.0 Å². The van der Waals surface area contributed by atoms with Gasteiger partial charge in [0.2, 0.25) is 5.91 Å². The van der Waals surface area contributed by atoms with Crippen molar-refractivity contribution < 1.29 is 14.4 Å². The van der Waals surface area contributed by atoms with E-state index in [1.165, 1.54) is 40.0 Å². The number of hydrogen-bond acceptors (Lipinski definition) is 7. The first-order chi connectivity index (χ1) is 20.8. The quantitative estimate of drug-likeness (QED) is 0.109. The maximum absolute atomic E-state index is 13.3. The highest BCUT2D eigenvalue weighted by atomic mass is 32.2. The van der Waals surface area contributed by atoms with Crippen molar-refractivity contribution in [3.63, 3.8) is 0 Å². The van der Waals surface area contributed by atoms with Crippen molar-refractivity contribution in [3.05, 3.63) is 123 Å². The van der Waals surface area contributed by atoms with Gasteiger partial charge in [0.05, 0.1) is 10.9 Å². The fraction of sp³-hybridized carbons (Fsp3) is 0.0909. The molecule has 2 aromatic heterocycles. The molecule has 0 aliphatic carbocycles. The molecule has 0 bridgehead atoms. The lowest BCUT2D eigenvalue weighted by Crippen LogP contribution is -2.30. The predicted molar refractivity (Wildman–Crippen MR) is 178 cm³/mol. The van der Waals surface area contributed by atoms with Crippen LogP contribution < -0.4 is 16.0 Å². The SMILES string of the molecule is Cc1ccc(-c2csc(NC(=O)C(C)Sc3cccc(NC(=O)/C(=C/c4cccs4)NC(=O)c4ccccc4)c3)n2)cc1. The van der Waals surface area contributed by atoms with E-state index in [2.05, 4.69) is 20.9 Å². The molecule has 0 saturated heterocycles. The second kappa shape index (κ2) is 14.1. The number of amides is 3. The molecule has 0 spiro atoms. The van der Waals surface area contributed by atoms with Gasteiger partial charge in [0.1, 0.15) is 5.70 Å². The average molecular weight is 625 g/mol. The van der Waals surface area contributed by atoms with E-state index in [1.54, 1.807) is 42.5 Å². The maximum Gasteiger partial charge on any atom is 0.272 e. The average Bonchev–Trinajstić information content (AvgIpc) is 3.70. The number of thiophene rings is 1. The summed E-state index contributed by atoms with van der Waals surface area (Å²) < 4.78 is 0. The van der Waals surface area contributed by atoms with Crippen LogP contribution in [0.15, 0.2) is 112 Å². The highest BCUT2D eigenvalue weighted by Crippen LogP contribution is 2.29. The van der Waals surface area contributed by atoms with Crippen LogP contribution in [0.3, 0.4) is 0 Å². The summed E-state index contributed by atoms with van der Waals surface area (Å²) in [7, 11) is 0. The van der Waals surface area contributed by atoms with Gasteiger partial charge in [-0.25, -0.2) is 4.98 Å². The van der Waals surface area contributed by atoms with E-state index in [0.29, 0.717) is 16.4 Å².